The second kappa shape index (κ2) is 7.06. The Bertz CT molecular complexity index is 789. The first-order chi connectivity index (χ1) is 12.0. The lowest BCUT2D eigenvalue weighted by atomic mass is 9.97. The van der Waals surface area contributed by atoms with Gasteiger partial charge < -0.3 is 19.4 Å². The molecule has 1 aromatic carbocycles. The molecular weight excluding hydrogens is 327 g/mol. The minimum absolute atomic E-state index is 0.194. The van der Waals surface area contributed by atoms with Crippen molar-refractivity contribution in [2.75, 3.05) is 13.7 Å². The Kier molecular flexibility index (Phi) is 4.85. The number of benzene rings is 1. The van der Waals surface area contributed by atoms with E-state index in [9.17, 15) is 14.0 Å². The number of furan rings is 1. The Hall–Kier alpha value is -2.67. The van der Waals surface area contributed by atoms with Crippen LogP contribution >= 0.6 is 0 Å². The average molecular weight is 346 g/mol. The fourth-order valence-electron chi connectivity index (χ4n) is 2.88. The molecule has 3 rings (SSSR count). The topological polar surface area (TPSA) is 71.8 Å². The number of nitrogens with zero attached hydrogens (tertiary/aromatic N) is 1. The fraction of sp³-hybridized carbons (Fsp3) is 0.333. The molecule has 1 fully saturated rings. The first-order valence-electron chi connectivity index (χ1n) is 7.91. The number of hydrogen-bond donors (Lipinski definition) is 1. The summed E-state index contributed by atoms with van der Waals surface area (Å²) in [4.78, 5) is 26.0. The lowest BCUT2D eigenvalue weighted by molar-refractivity contribution is -0.162. The van der Waals surface area contributed by atoms with Gasteiger partial charge in [0.15, 0.2) is 6.10 Å². The number of carbonyl (C=O) groups excluding carboxylic acids is 2. The molecule has 1 N–H and O–H groups in total. The van der Waals surface area contributed by atoms with Crippen LogP contribution in [-0.4, -0.2) is 36.5 Å². The lowest BCUT2D eigenvalue weighted by Crippen LogP contribution is -2.52. The maximum atomic E-state index is 13.6. The summed E-state index contributed by atoms with van der Waals surface area (Å²) in [5.74, 6) is 0.284. The average Bonchev–Trinajstić information content (AvgIpc) is 3.00. The van der Waals surface area contributed by atoms with Gasteiger partial charge in [0.2, 0.25) is 5.91 Å². The first-order valence-corrected chi connectivity index (χ1v) is 7.91. The number of hydrogen-bond acceptors (Lipinski definition) is 4. The van der Waals surface area contributed by atoms with Gasteiger partial charge in [0.25, 0.3) is 5.91 Å². The van der Waals surface area contributed by atoms with E-state index >= 15 is 0 Å². The van der Waals surface area contributed by atoms with Crippen molar-refractivity contribution >= 4 is 11.8 Å². The van der Waals surface area contributed by atoms with E-state index in [1.54, 1.807) is 25.2 Å². The van der Waals surface area contributed by atoms with E-state index in [0.717, 1.165) is 5.76 Å². The van der Waals surface area contributed by atoms with Gasteiger partial charge in [-0.15, -0.1) is 0 Å². The van der Waals surface area contributed by atoms with Gasteiger partial charge >= 0.3 is 0 Å². The van der Waals surface area contributed by atoms with Crippen molar-refractivity contribution in [1.29, 1.82) is 0 Å². The molecule has 2 amide bonds. The standard InChI is InChI=1S/C18H19FN2O4/c1-11-6-7-14(25-11)9-20-18(23)17-16(21(2)15(22)10-24-17)12-4-3-5-13(19)8-12/h3-8,16-17H,9-10H2,1-2H3,(H,20,23)/t16-,17-/m1/s1. The molecule has 6 nitrogen and oxygen atoms in total. The van der Waals surface area contributed by atoms with Crippen LogP contribution in [0.4, 0.5) is 4.39 Å². The maximum absolute atomic E-state index is 13.6. The summed E-state index contributed by atoms with van der Waals surface area (Å²) in [5.41, 5.74) is 0.504. The van der Waals surface area contributed by atoms with E-state index in [4.69, 9.17) is 9.15 Å². The quantitative estimate of drug-likeness (QED) is 0.918. The van der Waals surface area contributed by atoms with Crippen molar-refractivity contribution in [1.82, 2.24) is 10.2 Å². The number of carbonyl (C=O) groups is 2. The molecule has 1 aliphatic rings. The molecule has 1 aromatic heterocycles. The van der Waals surface area contributed by atoms with E-state index in [0.29, 0.717) is 11.3 Å². The van der Waals surface area contributed by atoms with E-state index in [2.05, 4.69) is 5.32 Å². The molecule has 7 heteroatoms. The van der Waals surface area contributed by atoms with Gasteiger partial charge in [-0.25, -0.2) is 4.39 Å². The molecule has 0 unspecified atom stereocenters. The molecule has 2 aromatic rings. The number of halogens is 1. The molecule has 2 atom stereocenters. The van der Waals surface area contributed by atoms with Gasteiger partial charge in [0.05, 0.1) is 12.6 Å². The number of likely N-dealkylation sites (N-methyl/N-ethyl adjacent to an activating group) is 1. The Balaban J connectivity index is 1.79. The molecule has 0 spiro atoms. The summed E-state index contributed by atoms with van der Waals surface area (Å²) < 4.78 is 24.5. The van der Waals surface area contributed by atoms with Gasteiger partial charge in [-0.05, 0) is 36.8 Å². The molecule has 25 heavy (non-hydrogen) atoms. The molecule has 1 saturated heterocycles. The normalized spacial score (nSPS) is 20.6. The van der Waals surface area contributed by atoms with Crippen molar-refractivity contribution in [2.24, 2.45) is 0 Å². The monoisotopic (exact) mass is 346 g/mol. The van der Waals surface area contributed by atoms with Gasteiger partial charge in [-0.1, -0.05) is 12.1 Å². The number of morpholine rings is 1. The molecule has 0 saturated carbocycles. The third kappa shape index (κ3) is 3.71. The second-order valence-electron chi connectivity index (χ2n) is 5.97. The molecule has 1 aliphatic heterocycles. The van der Waals surface area contributed by atoms with Crippen molar-refractivity contribution < 1.29 is 23.1 Å². The van der Waals surface area contributed by atoms with Crippen LogP contribution in [0.2, 0.25) is 0 Å². The largest absolute Gasteiger partial charge is 0.465 e. The number of amides is 2. The van der Waals surface area contributed by atoms with E-state index in [1.807, 2.05) is 6.92 Å². The molecule has 0 bridgehead atoms. The van der Waals surface area contributed by atoms with Crippen LogP contribution in [0.3, 0.4) is 0 Å². The zero-order valence-corrected chi connectivity index (χ0v) is 14.0. The second-order valence-corrected chi connectivity index (χ2v) is 5.97. The predicted octanol–water partition coefficient (Wildman–Crippen LogP) is 1.94. The molecule has 0 radical (unpaired) electrons. The Morgan fingerprint density at radius 1 is 1.36 bits per heavy atom. The number of ether oxygens (including phenoxy) is 1. The van der Waals surface area contributed by atoms with Crippen LogP contribution in [-0.2, 0) is 20.9 Å². The SMILES string of the molecule is Cc1ccc(CNC(=O)[C@@H]2OCC(=O)N(C)[C@@H]2c2cccc(F)c2)o1. The smallest absolute Gasteiger partial charge is 0.252 e. The van der Waals surface area contributed by atoms with Crippen LogP contribution in [0.25, 0.3) is 0 Å². The Labute approximate surface area is 144 Å². The highest BCUT2D eigenvalue weighted by molar-refractivity contribution is 5.86. The number of rotatable bonds is 4. The first kappa shape index (κ1) is 17.2. The van der Waals surface area contributed by atoms with E-state index < -0.39 is 18.0 Å². The van der Waals surface area contributed by atoms with Gasteiger partial charge in [0.1, 0.15) is 23.9 Å². The summed E-state index contributed by atoms with van der Waals surface area (Å²) in [6.07, 6.45) is -0.930. The van der Waals surface area contributed by atoms with Crippen LogP contribution in [0.5, 0.6) is 0 Å². The fourth-order valence-corrected chi connectivity index (χ4v) is 2.88. The third-order valence-electron chi connectivity index (χ3n) is 4.17. The highest BCUT2D eigenvalue weighted by atomic mass is 19.1. The van der Waals surface area contributed by atoms with Crippen LogP contribution in [0.1, 0.15) is 23.1 Å². The molecule has 132 valence electrons. The van der Waals surface area contributed by atoms with Gasteiger partial charge in [0, 0.05) is 7.05 Å². The predicted molar refractivity (Wildman–Crippen MR) is 86.9 cm³/mol. The van der Waals surface area contributed by atoms with E-state index in [1.165, 1.54) is 23.1 Å². The Morgan fingerprint density at radius 2 is 2.16 bits per heavy atom. The summed E-state index contributed by atoms with van der Waals surface area (Å²) in [6.45, 7) is 1.83. The molecule has 2 heterocycles. The Morgan fingerprint density at radius 3 is 2.84 bits per heavy atom. The number of aryl methyl sites for hydroxylation is 1. The van der Waals surface area contributed by atoms with Crippen molar-refractivity contribution in [3.63, 3.8) is 0 Å². The molecular formula is C18H19FN2O4. The van der Waals surface area contributed by atoms with Crippen molar-refractivity contribution in [3.05, 3.63) is 59.3 Å². The van der Waals surface area contributed by atoms with Gasteiger partial charge in [-0.2, -0.15) is 0 Å². The zero-order valence-electron chi connectivity index (χ0n) is 14.0. The van der Waals surface area contributed by atoms with Crippen molar-refractivity contribution in [2.45, 2.75) is 25.6 Å². The van der Waals surface area contributed by atoms with Crippen LogP contribution in [0, 0.1) is 12.7 Å². The highest BCUT2D eigenvalue weighted by Gasteiger charge is 2.40. The summed E-state index contributed by atoms with van der Waals surface area (Å²) >= 11 is 0. The van der Waals surface area contributed by atoms with Gasteiger partial charge in [-0.3, -0.25) is 9.59 Å². The van der Waals surface area contributed by atoms with Crippen molar-refractivity contribution in [3.8, 4) is 0 Å². The number of nitrogens with one attached hydrogen (secondary N) is 1. The maximum Gasteiger partial charge on any atom is 0.252 e. The summed E-state index contributed by atoms with van der Waals surface area (Å²) in [6, 6.07) is 8.70. The van der Waals surface area contributed by atoms with E-state index in [-0.39, 0.29) is 25.0 Å². The molecule has 0 aliphatic carbocycles. The summed E-state index contributed by atoms with van der Waals surface area (Å²) in [5, 5.41) is 2.74. The van der Waals surface area contributed by atoms with Crippen LogP contribution < -0.4 is 5.32 Å². The zero-order chi connectivity index (χ0) is 18.0. The minimum Gasteiger partial charge on any atom is -0.465 e. The third-order valence-corrected chi connectivity index (χ3v) is 4.17. The summed E-state index contributed by atoms with van der Waals surface area (Å²) in [7, 11) is 1.58. The minimum atomic E-state index is -0.930. The highest BCUT2D eigenvalue weighted by Crippen LogP contribution is 2.29. The van der Waals surface area contributed by atoms with Crippen LogP contribution in [0.15, 0.2) is 40.8 Å². The lowest BCUT2D eigenvalue weighted by Gasteiger charge is -2.38.